The van der Waals surface area contributed by atoms with Gasteiger partial charge in [0.2, 0.25) is 5.95 Å². The van der Waals surface area contributed by atoms with E-state index in [0.717, 1.165) is 18.2 Å². The molecule has 0 saturated heterocycles. The number of hydrogen-bond acceptors (Lipinski definition) is 3. The summed E-state index contributed by atoms with van der Waals surface area (Å²) < 4.78 is 96.5. The van der Waals surface area contributed by atoms with Gasteiger partial charge in [0.25, 0.3) is 0 Å². The van der Waals surface area contributed by atoms with E-state index in [4.69, 9.17) is 23.2 Å². The molecule has 0 bridgehead atoms. The summed E-state index contributed by atoms with van der Waals surface area (Å²) in [5, 5.41) is 2.95. The Kier molecular flexibility index (Phi) is 7.37. The molecule has 4 nitrogen and oxygen atoms in total. The molecule has 0 aliphatic heterocycles. The average Bonchev–Trinajstić information content (AvgIpc) is 3.31. The number of H-pyrrole nitrogens is 1. The molecule has 2 aromatic heterocycles. The third-order valence-electron chi connectivity index (χ3n) is 6.39. The van der Waals surface area contributed by atoms with Gasteiger partial charge in [-0.1, -0.05) is 53.5 Å². The van der Waals surface area contributed by atoms with Gasteiger partial charge in [-0.2, -0.15) is 26.3 Å². The van der Waals surface area contributed by atoms with Crippen LogP contribution < -0.4 is 5.32 Å². The van der Waals surface area contributed by atoms with Crippen LogP contribution in [0.2, 0.25) is 10.0 Å². The zero-order chi connectivity index (χ0) is 29.6. The lowest BCUT2D eigenvalue weighted by atomic mass is 9.80. The molecule has 41 heavy (non-hydrogen) atoms. The van der Waals surface area contributed by atoms with E-state index < -0.39 is 34.8 Å². The first-order valence-electron chi connectivity index (χ1n) is 11.8. The molecule has 0 aliphatic rings. The Morgan fingerprint density at radius 1 is 0.780 bits per heavy atom. The maximum atomic E-state index is 14.8. The van der Waals surface area contributed by atoms with Gasteiger partial charge in [-0.25, -0.2) is 9.37 Å². The quantitative estimate of drug-likeness (QED) is 0.188. The van der Waals surface area contributed by atoms with Crippen LogP contribution in [-0.2, 0) is 24.3 Å². The largest absolute Gasteiger partial charge is 0.416 e. The van der Waals surface area contributed by atoms with E-state index in [-0.39, 0.29) is 44.7 Å². The normalized spacial score (nSPS) is 13.8. The maximum Gasteiger partial charge on any atom is 0.416 e. The summed E-state index contributed by atoms with van der Waals surface area (Å²) in [5.41, 5.74) is -3.54. The highest BCUT2D eigenvalue weighted by atomic mass is 35.5. The van der Waals surface area contributed by atoms with E-state index in [9.17, 15) is 30.7 Å². The van der Waals surface area contributed by atoms with Gasteiger partial charge in [0, 0.05) is 12.6 Å². The molecule has 0 saturated carbocycles. The first kappa shape index (κ1) is 28.7. The van der Waals surface area contributed by atoms with Crippen molar-refractivity contribution in [2.24, 2.45) is 0 Å². The monoisotopic (exact) mass is 612 g/mol. The molecule has 2 N–H and O–H groups in total. The fourth-order valence-corrected chi connectivity index (χ4v) is 4.92. The van der Waals surface area contributed by atoms with Crippen molar-refractivity contribution in [1.82, 2.24) is 15.0 Å². The highest BCUT2D eigenvalue weighted by molar-refractivity contribution is 6.35. The first-order chi connectivity index (χ1) is 19.2. The number of aromatic amines is 1. The van der Waals surface area contributed by atoms with Crippen LogP contribution in [0.4, 0.5) is 36.7 Å². The van der Waals surface area contributed by atoms with Crippen LogP contribution in [-0.4, -0.2) is 15.0 Å². The summed E-state index contributed by atoms with van der Waals surface area (Å²) in [6.45, 7) is 0. The summed E-state index contributed by atoms with van der Waals surface area (Å²) >= 11 is 12.2. The van der Waals surface area contributed by atoms with Gasteiger partial charge >= 0.3 is 12.4 Å². The number of pyridine rings is 1. The van der Waals surface area contributed by atoms with Crippen LogP contribution in [0.25, 0.3) is 11.0 Å². The van der Waals surface area contributed by atoms with Crippen LogP contribution in [0.3, 0.4) is 0 Å². The summed E-state index contributed by atoms with van der Waals surface area (Å²) in [4.78, 5) is 11.4. The molecule has 5 aromatic rings. The Morgan fingerprint density at radius 2 is 1.44 bits per heavy atom. The van der Waals surface area contributed by atoms with E-state index in [0.29, 0.717) is 17.7 Å². The number of rotatable bonds is 6. The summed E-state index contributed by atoms with van der Waals surface area (Å²) in [6.07, 6.45) is -8.39. The number of anilines is 1. The molecule has 1 unspecified atom stereocenters. The van der Waals surface area contributed by atoms with Gasteiger partial charge in [-0.05, 0) is 53.6 Å². The number of fused-ring (bicyclic) bond motifs is 1. The van der Waals surface area contributed by atoms with Crippen molar-refractivity contribution in [2.45, 2.75) is 24.3 Å². The maximum absolute atomic E-state index is 14.8. The Labute approximate surface area is 238 Å². The lowest BCUT2D eigenvalue weighted by Crippen LogP contribution is -2.40. The predicted molar refractivity (Wildman–Crippen MR) is 141 cm³/mol. The van der Waals surface area contributed by atoms with Crippen LogP contribution in [0.15, 0.2) is 79.0 Å². The van der Waals surface area contributed by atoms with Crippen molar-refractivity contribution in [3.63, 3.8) is 0 Å². The zero-order valence-electron chi connectivity index (χ0n) is 20.5. The fourth-order valence-electron chi connectivity index (χ4n) is 4.55. The van der Waals surface area contributed by atoms with Gasteiger partial charge in [-0.3, -0.25) is 4.98 Å². The molecule has 5 rings (SSSR count). The molecule has 0 aliphatic carbocycles. The minimum absolute atomic E-state index is 0.0185. The van der Waals surface area contributed by atoms with Gasteiger partial charge in [-0.15, -0.1) is 0 Å². The van der Waals surface area contributed by atoms with E-state index in [1.807, 2.05) is 0 Å². The van der Waals surface area contributed by atoms with Crippen LogP contribution in [0.1, 0.15) is 27.9 Å². The van der Waals surface area contributed by atoms with Crippen LogP contribution in [0.5, 0.6) is 0 Å². The standard InChI is InChI=1S/C28H17Cl2F7N4/c29-19-6-7-23(38-14-19)26(13-15-4-2-1-3-5-15,16-8-17(27(32,33)34)10-20(31)9-16)41-25-39-22-12-18(28(35,36)37)11-21(30)24(22)40-25/h1-12,14H,13H2,(H2,39,40,41). The minimum Gasteiger partial charge on any atom is -0.340 e. The Morgan fingerprint density at radius 3 is 2.07 bits per heavy atom. The molecule has 13 heteroatoms. The molecule has 2 heterocycles. The van der Waals surface area contributed by atoms with Crippen molar-refractivity contribution in [2.75, 3.05) is 5.32 Å². The second-order valence-electron chi connectivity index (χ2n) is 9.22. The number of hydrogen-bond donors (Lipinski definition) is 2. The number of aromatic nitrogens is 3. The third kappa shape index (κ3) is 5.96. The number of imidazole rings is 1. The third-order valence-corrected chi connectivity index (χ3v) is 6.91. The Hall–Kier alpha value is -3.83. The average molecular weight is 613 g/mol. The number of nitrogens with one attached hydrogen (secondary N) is 2. The molecule has 0 radical (unpaired) electrons. The second kappa shape index (κ2) is 10.5. The van der Waals surface area contributed by atoms with E-state index >= 15 is 0 Å². The Balaban J connectivity index is 1.77. The highest BCUT2D eigenvalue weighted by Crippen LogP contribution is 2.41. The van der Waals surface area contributed by atoms with Gasteiger partial charge in [0.05, 0.1) is 32.4 Å². The molecule has 0 amide bonds. The molecular weight excluding hydrogens is 596 g/mol. The van der Waals surface area contributed by atoms with Gasteiger partial charge in [0.15, 0.2) is 0 Å². The van der Waals surface area contributed by atoms with Gasteiger partial charge in [0.1, 0.15) is 16.9 Å². The van der Waals surface area contributed by atoms with E-state index in [2.05, 4.69) is 20.3 Å². The lowest BCUT2D eigenvalue weighted by Gasteiger charge is -2.36. The molecule has 0 spiro atoms. The molecule has 1 atom stereocenters. The number of nitrogens with zero attached hydrogens (tertiary/aromatic N) is 2. The van der Waals surface area contributed by atoms with Crippen LogP contribution in [0, 0.1) is 5.82 Å². The van der Waals surface area contributed by atoms with Crippen molar-refractivity contribution in [3.8, 4) is 0 Å². The predicted octanol–water partition coefficient (Wildman–Crippen LogP) is 9.04. The second-order valence-corrected chi connectivity index (χ2v) is 10.1. The highest BCUT2D eigenvalue weighted by Gasteiger charge is 2.41. The SMILES string of the molecule is Fc1cc(C(F)(F)F)cc(C(Cc2ccccc2)(Nc2nc3c(Cl)cc(C(F)(F)F)cc3[nH]2)c2ccc(Cl)cn2)c1. The summed E-state index contributed by atoms with van der Waals surface area (Å²) in [5.74, 6) is -1.31. The molecule has 0 fully saturated rings. The first-order valence-corrected chi connectivity index (χ1v) is 12.6. The molecule has 3 aromatic carbocycles. The summed E-state index contributed by atoms with van der Waals surface area (Å²) in [6, 6.07) is 15.1. The minimum atomic E-state index is -4.89. The van der Waals surface area contributed by atoms with Crippen molar-refractivity contribution >= 4 is 40.2 Å². The zero-order valence-corrected chi connectivity index (χ0v) is 22.0. The van der Waals surface area contributed by atoms with Crippen molar-refractivity contribution in [1.29, 1.82) is 0 Å². The topological polar surface area (TPSA) is 53.6 Å². The van der Waals surface area contributed by atoms with E-state index in [1.54, 1.807) is 30.3 Å². The summed E-state index contributed by atoms with van der Waals surface area (Å²) in [7, 11) is 0. The van der Waals surface area contributed by atoms with Crippen molar-refractivity contribution < 1.29 is 30.7 Å². The fraction of sp³-hybridized carbons (Fsp3) is 0.143. The smallest absolute Gasteiger partial charge is 0.340 e. The number of alkyl halides is 6. The number of halogens is 9. The number of benzene rings is 3. The van der Waals surface area contributed by atoms with Gasteiger partial charge < -0.3 is 10.3 Å². The Bertz CT molecular complexity index is 1700. The van der Waals surface area contributed by atoms with Crippen molar-refractivity contribution in [3.05, 3.63) is 123 Å². The molecule has 212 valence electrons. The van der Waals surface area contributed by atoms with Crippen LogP contribution >= 0.6 is 23.2 Å². The van der Waals surface area contributed by atoms with E-state index in [1.165, 1.54) is 18.3 Å². The lowest BCUT2D eigenvalue weighted by molar-refractivity contribution is -0.138. The molecular formula is C28H17Cl2F7N4.